The zero-order valence-corrected chi connectivity index (χ0v) is 10.2. The average Bonchev–Trinajstić information content (AvgIpc) is 2.95. The summed E-state index contributed by atoms with van der Waals surface area (Å²) in [5, 5.41) is 14.6. The van der Waals surface area contributed by atoms with Crippen LogP contribution in [-0.2, 0) is 4.74 Å². The summed E-state index contributed by atoms with van der Waals surface area (Å²) in [5.41, 5.74) is -0.0416. The van der Waals surface area contributed by atoms with E-state index in [9.17, 15) is 19.7 Å². The van der Waals surface area contributed by atoms with Crippen LogP contribution in [0.4, 0.5) is 5.69 Å². The van der Waals surface area contributed by atoms with Gasteiger partial charge in [0.25, 0.3) is 11.5 Å². The molecule has 0 unspecified atom stereocenters. The van der Waals surface area contributed by atoms with Gasteiger partial charge in [-0.05, 0) is 12.1 Å². The van der Waals surface area contributed by atoms with E-state index in [0.29, 0.717) is 12.0 Å². The topological polar surface area (TPSA) is 117 Å². The molecule has 0 aliphatic rings. The van der Waals surface area contributed by atoms with Gasteiger partial charge in [0.2, 0.25) is 0 Å². The second-order valence-corrected chi connectivity index (χ2v) is 3.62. The van der Waals surface area contributed by atoms with E-state index in [1.807, 2.05) is 0 Å². The molecule has 0 saturated heterocycles. The molecule has 9 nitrogen and oxygen atoms in total. The first kappa shape index (κ1) is 13.3. The molecule has 0 N–H and O–H groups in total. The van der Waals surface area contributed by atoms with E-state index >= 15 is 0 Å². The molecule has 0 amide bonds. The lowest BCUT2D eigenvalue weighted by atomic mass is 10.2. The van der Waals surface area contributed by atoms with Crippen molar-refractivity contribution in [1.29, 1.82) is 0 Å². The predicted molar refractivity (Wildman–Crippen MR) is 64.7 cm³/mol. The lowest BCUT2D eigenvalue weighted by Crippen LogP contribution is -2.05. The van der Waals surface area contributed by atoms with Gasteiger partial charge in [0, 0.05) is 6.07 Å². The van der Waals surface area contributed by atoms with Crippen LogP contribution >= 0.6 is 0 Å². The van der Waals surface area contributed by atoms with Gasteiger partial charge < -0.3 is 4.74 Å². The predicted octanol–water partition coefficient (Wildman–Crippen LogP) is 0.775. The Hall–Kier alpha value is -3.10. The monoisotopic (exact) mass is 276 g/mol. The minimum atomic E-state index is -0.707. The number of aldehydes is 1. The minimum absolute atomic E-state index is 0.0948. The molecule has 1 heterocycles. The molecule has 2 rings (SSSR count). The van der Waals surface area contributed by atoms with Crippen molar-refractivity contribution in [2.75, 3.05) is 7.11 Å². The number of aromatic nitrogens is 3. The molecule has 0 aliphatic heterocycles. The number of nitro benzene ring substituents is 1. The highest BCUT2D eigenvalue weighted by Gasteiger charge is 2.16. The molecular weight excluding hydrogens is 268 g/mol. The average molecular weight is 276 g/mol. The van der Waals surface area contributed by atoms with Crippen LogP contribution in [0.2, 0.25) is 0 Å². The summed E-state index contributed by atoms with van der Waals surface area (Å²) in [6.45, 7) is 0. The molecule has 9 heteroatoms. The first-order valence-electron chi connectivity index (χ1n) is 5.30. The van der Waals surface area contributed by atoms with E-state index in [1.54, 1.807) is 0 Å². The molecule has 102 valence electrons. The summed E-state index contributed by atoms with van der Waals surface area (Å²) in [6.07, 6.45) is 1.61. The molecule has 0 spiro atoms. The van der Waals surface area contributed by atoms with Gasteiger partial charge in [-0.2, -0.15) is 0 Å². The lowest BCUT2D eigenvalue weighted by molar-refractivity contribution is -0.385. The Morgan fingerprint density at radius 2 is 2.25 bits per heavy atom. The molecule has 2 aromatic rings. The van der Waals surface area contributed by atoms with Crippen LogP contribution in [0.25, 0.3) is 5.69 Å². The third-order valence-corrected chi connectivity index (χ3v) is 2.46. The third kappa shape index (κ3) is 2.36. The largest absolute Gasteiger partial charge is 0.463 e. The van der Waals surface area contributed by atoms with E-state index in [-0.39, 0.29) is 17.1 Å². The van der Waals surface area contributed by atoms with Crippen LogP contribution in [0.15, 0.2) is 24.5 Å². The summed E-state index contributed by atoms with van der Waals surface area (Å²) >= 11 is 0. The number of esters is 1. The van der Waals surface area contributed by atoms with Crippen LogP contribution in [0.3, 0.4) is 0 Å². The summed E-state index contributed by atoms with van der Waals surface area (Å²) in [6, 6.07) is 3.85. The van der Waals surface area contributed by atoms with E-state index in [4.69, 9.17) is 0 Å². The van der Waals surface area contributed by atoms with Gasteiger partial charge in [-0.3, -0.25) is 14.9 Å². The van der Waals surface area contributed by atoms with Crippen molar-refractivity contribution in [2.24, 2.45) is 0 Å². The van der Waals surface area contributed by atoms with E-state index < -0.39 is 10.9 Å². The van der Waals surface area contributed by atoms with Gasteiger partial charge in [-0.25, -0.2) is 14.5 Å². The highest BCUT2D eigenvalue weighted by molar-refractivity contribution is 5.85. The number of carbonyl (C=O) groups excluding carboxylic acids is 2. The van der Waals surface area contributed by atoms with Crippen molar-refractivity contribution in [3.05, 3.63) is 46.0 Å². The van der Waals surface area contributed by atoms with Crippen molar-refractivity contribution < 1.29 is 19.2 Å². The van der Waals surface area contributed by atoms with Crippen molar-refractivity contribution in [3.8, 4) is 5.69 Å². The Morgan fingerprint density at radius 3 is 2.85 bits per heavy atom. The minimum Gasteiger partial charge on any atom is -0.463 e. The second kappa shape index (κ2) is 5.26. The first-order valence-corrected chi connectivity index (χ1v) is 5.30. The maximum atomic E-state index is 11.2. The number of hydrogen-bond donors (Lipinski definition) is 0. The standard InChI is InChI=1S/C11H8N4O5/c1-20-11(17)10-12-6-14(13-10)8-2-3-9(15(18)19)7(4-8)5-16/h2-6H,1H3. The number of benzene rings is 1. The molecule has 0 bridgehead atoms. The number of rotatable bonds is 4. The smallest absolute Gasteiger partial charge is 0.377 e. The van der Waals surface area contributed by atoms with Gasteiger partial charge in [-0.1, -0.05) is 0 Å². The highest BCUT2D eigenvalue weighted by atomic mass is 16.6. The van der Waals surface area contributed by atoms with E-state index in [2.05, 4.69) is 14.8 Å². The summed E-state index contributed by atoms with van der Waals surface area (Å²) < 4.78 is 5.67. The van der Waals surface area contributed by atoms with Gasteiger partial charge in [0.1, 0.15) is 6.33 Å². The van der Waals surface area contributed by atoms with Gasteiger partial charge in [0.05, 0.1) is 23.3 Å². The van der Waals surface area contributed by atoms with Crippen molar-refractivity contribution in [1.82, 2.24) is 14.8 Å². The molecule has 0 fully saturated rings. The quantitative estimate of drug-likeness (QED) is 0.350. The number of nitro groups is 1. The molecule has 20 heavy (non-hydrogen) atoms. The van der Waals surface area contributed by atoms with Crippen LogP contribution in [0, 0.1) is 10.1 Å². The number of hydrogen-bond acceptors (Lipinski definition) is 7. The molecule has 0 atom stereocenters. The highest BCUT2D eigenvalue weighted by Crippen LogP contribution is 2.20. The van der Waals surface area contributed by atoms with Crippen LogP contribution < -0.4 is 0 Å². The van der Waals surface area contributed by atoms with Gasteiger partial charge >= 0.3 is 5.97 Å². The second-order valence-electron chi connectivity index (χ2n) is 3.62. The Morgan fingerprint density at radius 1 is 1.50 bits per heavy atom. The maximum Gasteiger partial charge on any atom is 0.377 e. The summed E-state index contributed by atoms with van der Waals surface area (Å²) in [5.74, 6) is -0.861. The van der Waals surface area contributed by atoms with Crippen LogP contribution in [0.5, 0.6) is 0 Å². The molecule has 0 radical (unpaired) electrons. The summed E-state index contributed by atoms with van der Waals surface area (Å²) in [7, 11) is 1.19. The molecule has 1 aromatic heterocycles. The number of carbonyl (C=O) groups is 2. The fraction of sp³-hybridized carbons (Fsp3) is 0.0909. The number of ether oxygens (including phenoxy) is 1. The molecule has 1 aromatic carbocycles. The SMILES string of the molecule is COC(=O)c1ncn(-c2ccc([N+](=O)[O-])c(C=O)c2)n1. The van der Waals surface area contributed by atoms with Crippen molar-refractivity contribution in [3.63, 3.8) is 0 Å². The number of nitrogens with zero attached hydrogens (tertiary/aromatic N) is 4. The Kier molecular flexibility index (Phi) is 3.51. The Labute approximate surface area is 111 Å². The van der Waals surface area contributed by atoms with Crippen LogP contribution in [0.1, 0.15) is 21.0 Å². The Balaban J connectivity index is 2.43. The van der Waals surface area contributed by atoms with Gasteiger partial charge in [0.15, 0.2) is 6.29 Å². The Bertz CT molecular complexity index is 694. The molecule has 0 saturated carbocycles. The fourth-order valence-electron chi connectivity index (χ4n) is 1.52. The van der Waals surface area contributed by atoms with E-state index in [0.717, 1.165) is 0 Å². The third-order valence-electron chi connectivity index (χ3n) is 2.46. The zero-order valence-electron chi connectivity index (χ0n) is 10.2. The van der Waals surface area contributed by atoms with Crippen LogP contribution in [-0.4, -0.2) is 39.1 Å². The fourth-order valence-corrected chi connectivity index (χ4v) is 1.52. The zero-order chi connectivity index (χ0) is 14.7. The normalized spacial score (nSPS) is 10.1. The lowest BCUT2D eigenvalue weighted by Gasteiger charge is -2.01. The molecular formula is C11H8N4O5. The summed E-state index contributed by atoms with van der Waals surface area (Å²) in [4.78, 5) is 35.9. The van der Waals surface area contributed by atoms with E-state index in [1.165, 1.54) is 36.3 Å². The molecule has 0 aliphatic carbocycles. The maximum absolute atomic E-state index is 11.2. The van der Waals surface area contributed by atoms with Gasteiger partial charge in [-0.15, -0.1) is 5.10 Å². The first-order chi connectivity index (χ1) is 9.56. The van der Waals surface area contributed by atoms with Crippen molar-refractivity contribution in [2.45, 2.75) is 0 Å². The van der Waals surface area contributed by atoms with Crippen molar-refractivity contribution >= 4 is 17.9 Å². The number of methoxy groups -OCH3 is 1.